The summed E-state index contributed by atoms with van der Waals surface area (Å²) in [7, 11) is 0. The smallest absolute Gasteiger partial charge is 0.422 e. The van der Waals surface area contributed by atoms with E-state index < -0.39 is 12.8 Å². The number of ether oxygens (including phenoxy) is 1. The van der Waals surface area contributed by atoms with Gasteiger partial charge in [-0.1, -0.05) is 19.1 Å². The van der Waals surface area contributed by atoms with Crippen LogP contribution in [0, 0.1) is 5.92 Å². The molecule has 4 nitrogen and oxygen atoms in total. The third kappa shape index (κ3) is 4.35. The van der Waals surface area contributed by atoms with Crippen LogP contribution >= 0.6 is 0 Å². The summed E-state index contributed by atoms with van der Waals surface area (Å²) in [5.41, 5.74) is 0.243. The molecule has 0 aliphatic carbocycles. The Morgan fingerprint density at radius 1 is 1.43 bits per heavy atom. The van der Waals surface area contributed by atoms with Gasteiger partial charge in [0.1, 0.15) is 5.75 Å². The van der Waals surface area contributed by atoms with Crippen LogP contribution in [-0.4, -0.2) is 31.3 Å². The third-order valence-electron chi connectivity index (χ3n) is 3.35. The van der Waals surface area contributed by atoms with E-state index >= 15 is 0 Å². The summed E-state index contributed by atoms with van der Waals surface area (Å²) in [5.74, 6) is -0.0647. The predicted molar refractivity (Wildman–Crippen MR) is 72.2 cm³/mol. The molecule has 1 aromatic rings. The van der Waals surface area contributed by atoms with Crippen LogP contribution in [-0.2, 0) is 4.79 Å². The zero-order chi connectivity index (χ0) is 15.5. The lowest BCUT2D eigenvalue weighted by molar-refractivity contribution is -0.153. The van der Waals surface area contributed by atoms with E-state index in [1.807, 2.05) is 6.92 Å². The number of carbonyl (C=O) groups is 1. The van der Waals surface area contributed by atoms with E-state index in [1.54, 1.807) is 12.1 Å². The quantitative estimate of drug-likeness (QED) is 0.899. The summed E-state index contributed by atoms with van der Waals surface area (Å²) in [5, 5.41) is 5.69. The molecule has 1 saturated heterocycles. The Bertz CT molecular complexity index is 505. The molecule has 2 atom stereocenters. The molecule has 1 aromatic carbocycles. The van der Waals surface area contributed by atoms with Crippen molar-refractivity contribution in [3.8, 4) is 5.75 Å². The molecule has 116 valence electrons. The molecule has 0 bridgehead atoms. The van der Waals surface area contributed by atoms with Crippen LogP contribution in [0.2, 0.25) is 0 Å². The summed E-state index contributed by atoms with van der Waals surface area (Å²) in [4.78, 5) is 12.1. The van der Waals surface area contributed by atoms with Crippen molar-refractivity contribution >= 4 is 11.6 Å². The maximum Gasteiger partial charge on any atom is 0.422 e. The van der Waals surface area contributed by atoms with Gasteiger partial charge in [-0.05, 0) is 31.0 Å². The topological polar surface area (TPSA) is 50.4 Å². The van der Waals surface area contributed by atoms with Crippen LogP contribution in [0.3, 0.4) is 0 Å². The molecular weight excluding hydrogens is 285 g/mol. The van der Waals surface area contributed by atoms with Gasteiger partial charge in [0.2, 0.25) is 5.91 Å². The highest BCUT2D eigenvalue weighted by atomic mass is 19.4. The van der Waals surface area contributed by atoms with E-state index in [1.165, 1.54) is 12.1 Å². The van der Waals surface area contributed by atoms with E-state index in [0.717, 1.165) is 13.0 Å². The first-order chi connectivity index (χ1) is 9.87. The van der Waals surface area contributed by atoms with E-state index in [-0.39, 0.29) is 29.3 Å². The molecule has 2 rings (SSSR count). The van der Waals surface area contributed by atoms with E-state index in [4.69, 9.17) is 4.74 Å². The van der Waals surface area contributed by atoms with Crippen molar-refractivity contribution in [2.45, 2.75) is 25.6 Å². The molecule has 1 heterocycles. The third-order valence-corrected chi connectivity index (χ3v) is 3.35. The Kier molecular flexibility index (Phi) is 4.72. The minimum Gasteiger partial charge on any atom is -0.482 e. The lowest BCUT2D eigenvalue weighted by Gasteiger charge is -2.18. The Morgan fingerprint density at radius 3 is 2.76 bits per heavy atom. The van der Waals surface area contributed by atoms with Crippen LogP contribution in [0.4, 0.5) is 18.9 Å². The van der Waals surface area contributed by atoms with Gasteiger partial charge < -0.3 is 15.4 Å². The largest absolute Gasteiger partial charge is 0.482 e. The Hall–Kier alpha value is -1.76. The minimum atomic E-state index is -4.42. The number of amides is 1. The molecule has 1 aliphatic rings. The number of nitrogens with one attached hydrogen (secondary N) is 2. The fraction of sp³-hybridized carbons (Fsp3) is 0.500. The first kappa shape index (κ1) is 15.6. The van der Waals surface area contributed by atoms with Crippen molar-refractivity contribution in [3.05, 3.63) is 24.3 Å². The maximum absolute atomic E-state index is 12.2. The Morgan fingerprint density at radius 2 is 2.14 bits per heavy atom. The molecule has 2 unspecified atom stereocenters. The number of anilines is 1. The molecule has 0 spiro atoms. The molecular formula is C14H17F3N2O2. The van der Waals surface area contributed by atoms with E-state index in [9.17, 15) is 18.0 Å². The highest BCUT2D eigenvalue weighted by Gasteiger charge is 2.31. The molecule has 7 heteroatoms. The van der Waals surface area contributed by atoms with Crippen molar-refractivity contribution < 1.29 is 22.7 Å². The standard InChI is InChI=1S/C14H17F3N2O2/c1-9-6-7-18-12(9)13(20)19-10-4-2-3-5-11(10)21-8-14(15,16)17/h2-5,9,12,18H,6-8H2,1H3,(H,19,20). The second-order valence-electron chi connectivity index (χ2n) is 5.09. The average Bonchev–Trinajstić information content (AvgIpc) is 2.83. The number of hydrogen-bond acceptors (Lipinski definition) is 3. The normalized spacial score (nSPS) is 22.1. The first-order valence-corrected chi connectivity index (χ1v) is 6.69. The molecule has 0 saturated carbocycles. The molecule has 21 heavy (non-hydrogen) atoms. The summed E-state index contributed by atoms with van der Waals surface area (Å²) >= 11 is 0. The van der Waals surface area contributed by atoms with E-state index in [2.05, 4.69) is 10.6 Å². The molecule has 1 aliphatic heterocycles. The Balaban J connectivity index is 2.04. The van der Waals surface area contributed by atoms with Gasteiger partial charge in [-0.15, -0.1) is 0 Å². The monoisotopic (exact) mass is 302 g/mol. The summed E-state index contributed by atoms with van der Waals surface area (Å²) < 4.78 is 41.4. The van der Waals surface area contributed by atoms with Gasteiger partial charge in [0.05, 0.1) is 11.7 Å². The number of alkyl halides is 3. The van der Waals surface area contributed by atoms with Gasteiger partial charge in [0, 0.05) is 0 Å². The van der Waals surface area contributed by atoms with Crippen LogP contribution in [0.15, 0.2) is 24.3 Å². The van der Waals surface area contributed by atoms with Crippen LogP contribution in [0.1, 0.15) is 13.3 Å². The van der Waals surface area contributed by atoms with Crippen molar-refractivity contribution in [1.82, 2.24) is 5.32 Å². The lowest BCUT2D eigenvalue weighted by Crippen LogP contribution is -2.39. The number of carbonyl (C=O) groups excluding carboxylic acids is 1. The van der Waals surface area contributed by atoms with Gasteiger partial charge in [-0.3, -0.25) is 4.79 Å². The summed E-state index contributed by atoms with van der Waals surface area (Å²) in [6, 6.07) is 5.76. The second-order valence-corrected chi connectivity index (χ2v) is 5.09. The van der Waals surface area contributed by atoms with Crippen molar-refractivity contribution in [2.75, 3.05) is 18.5 Å². The van der Waals surface area contributed by atoms with Crippen molar-refractivity contribution in [3.63, 3.8) is 0 Å². The number of rotatable bonds is 4. The fourth-order valence-electron chi connectivity index (χ4n) is 2.25. The van der Waals surface area contributed by atoms with E-state index in [0.29, 0.717) is 0 Å². The first-order valence-electron chi connectivity index (χ1n) is 6.69. The van der Waals surface area contributed by atoms with Gasteiger partial charge in [0.25, 0.3) is 0 Å². The van der Waals surface area contributed by atoms with Crippen molar-refractivity contribution in [1.29, 1.82) is 0 Å². The highest BCUT2D eigenvalue weighted by Crippen LogP contribution is 2.27. The molecule has 1 amide bonds. The average molecular weight is 302 g/mol. The molecule has 2 N–H and O–H groups in total. The summed E-state index contributed by atoms with van der Waals surface area (Å²) in [6.07, 6.45) is -3.52. The predicted octanol–water partition coefficient (Wildman–Crippen LogP) is 2.56. The zero-order valence-corrected chi connectivity index (χ0v) is 11.5. The van der Waals surface area contributed by atoms with Crippen LogP contribution in [0.25, 0.3) is 0 Å². The number of hydrogen-bond donors (Lipinski definition) is 2. The SMILES string of the molecule is CC1CCNC1C(=O)Nc1ccccc1OCC(F)(F)F. The number of benzene rings is 1. The summed E-state index contributed by atoms with van der Waals surface area (Å²) in [6.45, 7) is 1.32. The minimum absolute atomic E-state index is 0.00817. The van der Waals surface area contributed by atoms with Crippen LogP contribution < -0.4 is 15.4 Å². The maximum atomic E-state index is 12.2. The number of para-hydroxylation sites is 2. The lowest BCUT2D eigenvalue weighted by atomic mass is 10.0. The van der Waals surface area contributed by atoms with Crippen LogP contribution in [0.5, 0.6) is 5.75 Å². The number of halogens is 3. The van der Waals surface area contributed by atoms with Gasteiger partial charge in [-0.2, -0.15) is 13.2 Å². The Labute approximate surface area is 120 Å². The molecule has 0 aromatic heterocycles. The van der Waals surface area contributed by atoms with Crippen molar-refractivity contribution in [2.24, 2.45) is 5.92 Å². The molecule has 0 radical (unpaired) electrons. The molecule has 1 fully saturated rings. The zero-order valence-electron chi connectivity index (χ0n) is 11.5. The fourth-order valence-corrected chi connectivity index (χ4v) is 2.25. The van der Waals surface area contributed by atoms with Gasteiger partial charge in [0.15, 0.2) is 6.61 Å². The highest BCUT2D eigenvalue weighted by molar-refractivity contribution is 5.96. The second kappa shape index (κ2) is 6.34. The van der Waals surface area contributed by atoms with Gasteiger partial charge in [-0.25, -0.2) is 0 Å². The van der Waals surface area contributed by atoms with Gasteiger partial charge >= 0.3 is 6.18 Å².